The van der Waals surface area contributed by atoms with Crippen molar-refractivity contribution in [3.63, 3.8) is 0 Å². The van der Waals surface area contributed by atoms with Crippen molar-refractivity contribution < 1.29 is 19.4 Å². The summed E-state index contributed by atoms with van der Waals surface area (Å²) < 4.78 is 5.89. The van der Waals surface area contributed by atoms with Gasteiger partial charge in [-0.2, -0.15) is 0 Å². The molecule has 5 nitrogen and oxygen atoms in total. The second kappa shape index (κ2) is 10.3. The Morgan fingerprint density at radius 3 is 2.00 bits per heavy atom. The predicted molar refractivity (Wildman–Crippen MR) is 141 cm³/mol. The third-order valence-electron chi connectivity index (χ3n) is 6.19. The number of nitrogens with one attached hydrogen (secondary N) is 1. The number of fused-ring (bicyclic) bond motifs is 2. The van der Waals surface area contributed by atoms with E-state index >= 15 is 0 Å². The second-order valence-corrected chi connectivity index (χ2v) is 8.68. The van der Waals surface area contributed by atoms with E-state index in [1.807, 2.05) is 109 Å². The molecule has 36 heavy (non-hydrogen) atoms. The lowest BCUT2D eigenvalue weighted by atomic mass is 9.95. The number of carboxylic acid groups (broad SMARTS) is 1. The maximum absolute atomic E-state index is 13.5. The van der Waals surface area contributed by atoms with E-state index in [0.717, 1.165) is 32.7 Å². The van der Waals surface area contributed by atoms with Crippen LogP contribution in [0.5, 0.6) is 5.75 Å². The van der Waals surface area contributed by atoms with E-state index in [9.17, 15) is 14.7 Å². The Kier molecular flexibility index (Phi) is 6.63. The Hall–Kier alpha value is -4.64. The maximum Gasteiger partial charge on any atom is 0.326 e. The van der Waals surface area contributed by atoms with Crippen LogP contribution >= 0.6 is 0 Å². The summed E-state index contributed by atoms with van der Waals surface area (Å²) in [7, 11) is 0. The molecule has 0 unspecified atom stereocenters. The highest BCUT2D eigenvalue weighted by molar-refractivity contribution is 6.18. The highest BCUT2D eigenvalue weighted by Gasteiger charge is 2.23. The summed E-state index contributed by atoms with van der Waals surface area (Å²) in [6, 6.07) is 33.4. The molecule has 1 atom stereocenters. The van der Waals surface area contributed by atoms with Gasteiger partial charge in [0.05, 0.1) is 5.56 Å². The normalized spacial score (nSPS) is 11.8. The lowest BCUT2D eigenvalue weighted by Crippen LogP contribution is -2.42. The summed E-state index contributed by atoms with van der Waals surface area (Å²) in [5, 5.41) is 16.1. The van der Waals surface area contributed by atoms with Gasteiger partial charge in [-0.25, -0.2) is 4.79 Å². The van der Waals surface area contributed by atoms with Gasteiger partial charge >= 0.3 is 5.97 Å². The van der Waals surface area contributed by atoms with Gasteiger partial charge in [0, 0.05) is 6.42 Å². The van der Waals surface area contributed by atoms with Gasteiger partial charge in [0.2, 0.25) is 0 Å². The van der Waals surface area contributed by atoms with E-state index in [-0.39, 0.29) is 6.42 Å². The van der Waals surface area contributed by atoms with E-state index in [1.54, 1.807) is 0 Å². The highest BCUT2D eigenvalue weighted by atomic mass is 16.5. The van der Waals surface area contributed by atoms with Gasteiger partial charge in [-0.1, -0.05) is 91.0 Å². The van der Waals surface area contributed by atoms with Gasteiger partial charge in [0.1, 0.15) is 18.4 Å². The lowest BCUT2D eigenvalue weighted by Gasteiger charge is -2.17. The monoisotopic (exact) mass is 475 g/mol. The van der Waals surface area contributed by atoms with Gasteiger partial charge < -0.3 is 15.2 Å². The SMILES string of the molecule is O=C(N[C@H](Cc1cccc(OCc2ccccc2)c1)C(=O)O)c1c2ccccc2cc2ccccc12. The van der Waals surface area contributed by atoms with Crippen LogP contribution in [0.4, 0.5) is 0 Å². The molecule has 178 valence electrons. The minimum atomic E-state index is -1.10. The number of rotatable bonds is 8. The molecule has 2 N–H and O–H groups in total. The molecule has 5 aromatic carbocycles. The van der Waals surface area contributed by atoms with Gasteiger partial charge in [-0.15, -0.1) is 0 Å². The van der Waals surface area contributed by atoms with E-state index in [1.165, 1.54) is 0 Å². The summed E-state index contributed by atoms with van der Waals surface area (Å²) in [4.78, 5) is 25.7. The van der Waals surface area contributed by atoms with Gasteiger partial charge in [0.25, 0.3) is 5.91 Å². The fourth-order valence-electron chi connectivity index (χ4n) is 4.43. The van der Waals surface area contributed by atoms with Gasteiger partial charge in [0.15, 0.2) is 0 Å². The zero-order valence-corrected chi connectivity index (χ0v) is 19.6. The van der Waals surface area contributed by atoms with Crippen LogP contribution in [-0.2, 0) is 17.8 Å². The van der Waals surface area contributed by atoms with Crippen LogP contribution < -0.4 is 10.1 Å². The van der Waals surface area contributed by atoms with Crippen LogP contribution in [0.15, 0.2) is 109 Å². The minimum Gasteiger partial charge on any atom is -0.489 e. The third kappa shape index (κ3) is 5.05. The molecular formula is C31H25NO4. The summed E-state index contributed by atoms with van der Waals surface area (Å²) >= 11 is 0. The van der Waals surface area contributed by atoms with Crippen LogP contribution in [0.2, 0.25) is 0 Å². The number of ether oxygens (including phenoxy) is 1. The first kappa shape index (κ1) is 23.1. The molecule has 5 aromatic rings. The van der Waals surface area contributed by atoms with Crippen LogP contribution in [0.3, 0.4) is 0 Å². The number of hydrogen-bond donors (Lipinski definition) is 2. The Balaban J connectivity index is 1.38. The quantitative estimate of drug-likeness (QED) is 0.270. The van der Waals surface area contributed by atoms with E-state index in [2.05, 4.69) is 5.32 Å². The number of carboxylic acids is 1. The first-order chi connectivity index (χ1) is 17.6. The molecular weight excluding hydrogens is 450 g/mol. The molecule has 0 bridgehead atoms. The molecule has 0 aromatic heterocycles. The summed E-state index contributed by atoms with van der Waals surface area (Å²) in [5.74, 6) is -0.859. The van der Waals surface area contributed by atoms with Crippen molar-refractivity contribution in [2.75, 3.05) is 0 Å². The fraction of sp³-hybridized carbons (Fsp3) is 0.0968. The second-order valence-electron chi connectivity index (χ2n) is 8.68. The molecule has 5 rings (SSSR count). The molecule has 0 aliphatic rings. The Labute approximate surface area is 209 Å². The molecule has 0 aliphatic heterocycles. The van der Waals surface area contributed by atoms with Crippen molar-refractivity contribution in [3.05, 3.63) is 126 Å². The Morgan fingerprint density at radius 2 is 1.33 bits per heavy atom. The molecule has 5 heteroatoms. The van der Waals surface area contributed by atoms with Crippen LogP contribution in [-0.4, -0.2) is 23.0 Å². The van der Waals surface area contributed by atoms with Crippen molar-refractivity contribution in [1.82, 2.24) is 5.32 Å². The molecule has 0 saturated heterocycles. The van der Waals surface area contributed by atoms with Crippen molar-refractivity contribution in [3.8, 4) is 5.75 Å². The van der Waals surface area contributed by atoms with Crippen LogP contribution in [0.1, 0.15) is 21.5 Å². The Bertz CT molecular complexity index is 1490. The van der Waals surface area contributed by atoms with Crippen molar-refractivity contribution in [2.24, 2.45) is 0 Å². The average molecular weight is 476 g/mol. The number of hydrogen-bond acceptors (Lipinski definition) is 3. The van der Waals surface area contributed by atoms with Gasteiger partial charge in [-0.3, -0.25) is 4.79 Å². The number of carbonyl (C=O) groups excluding carboxylic acids is 1. The molecule has 0 aliphatic carbocycles. The summed E-state index contributed by atoms with van der Waals surface area (Å²) in [5.41, 5.74) is 2.28. The molecule has 0 saturated carbocycles. The Morgan fingerprint density at radius 1 is 0.722 bits per heavy atom. The number of carbonyl (C=O) groups is 2. The minimum absolute atomic E-state index is 0.131. The van der Waals surface area contributed by atoms with Crippen LogP contribution in [0.25, 0.3) is 21.5 Å². The highest BCUT2D eigenvalue weighted by Crippen LogP contribution is 2.28. The number of benzene rings is 5. The molecule has 0 radical (unpaired) electrons. The standard InChI is InChI=1S/C31H25NO4/c33-30(29-26-15-6-4-12-23(26)19-24-13-5-7-16-27(24)29)32-28(31(34)35)18-22-11-8-14-25(17-22)36-20-21-9-2-1-3-10-21/h1-17,19,28H,18,20H2,(H,32,33)(H,34,35)/t28-/m1/s1. The van der Waals surface area contributed by atoms with Crippen molar-refractivity contribution in [1.29, 1.82) is 0 Å². The van der Waals surface area contributed by atoms with Crippen molar-refractivity contribution in [2.45, 2.75) is 19.1 Å². The zero-order valence-electron chi connectivity index (χ0n) is 19.6. The summed E-state index contributed by atoms with van der Waals surface area (Å²) in [6.07, 6.45) is 0.131. The van der Waals surface area contributed by atoms with E-state index in [0.29, 0.717) is 17.9 Å². The maximum atomic E-state index is 13.5. The fourth-order valence-corrected chi connectivity index (χ4v) is 4.43. The number of amides is 1. The topological polar surface area (TPSA) is 75.6 Å². The first-order valence-electron chi connectivity index (χ1n) is 11.8. The first-order valence-corrected chi connectivity index (χ1v) is 11.8. The molecule has 1 amide bonds. The zero-order chi connectivity index (χ0) is 24.9. The molecule has 0 heterocycles. The summed E-state index contributed by atoms with van der Waals surface area (Å²) in [6.45, 7) is 0.414. The lowest BCUT2D eigenvalue weighted by molar-refractivity contribution is -0.139. The molecule has 0 spiro atoms. The smallest absolute Gasteiger partial charge is 0.326 e. The van der Waals surface area contributed by atoms with Gasteiger partial charge in [-0.05, 0) is 50.9 Å². The van der Waals surface area contributed by atoms with E-state index in [4.69, 9.17) is 4.74 Å². The average Bonchev–Trinajstić information content (AvgIpc) is 2.91. The predicted octanol–water partition coefficient (Wildman–Crippen LogP) is 6.00. The largest absolute Gasteiger partial charge is 0.489 e. The third-order valence-corrected chi connectivity index (χ3v) is 6.19. The van der Waals surface area contributed by atoms with Crippen LogP contribution in [0, 0.1) is 0 Å². The van der Waals surface area contributed by atoms with E-state index < -0.39 is 17.9 Å². The van der Waals surface area contributed by atoms with Crippen molar-refractivity contribution >= 4 is 33.4 Å². The molecule has 0 fully saturated rings. The number of aliphatic carboxylic acids is 1.